The predicted octanol–water partition coefficient (Wildman–Crippen LogP) is 3.20. The van der Waals surface area contributed by atoms with Crippen LogP contribution in [0.1, 0.15) is 10.6 Å². The van der Waals surface area contributed by atoms with Crippen molar-refractivity contribution in [2.24, 2.45) is 5.73 Å². The minimum absolute atomic E-state index is 0.0327. The summed E-state index contributed by atoms with van der Waals surface area (Å²) >= 11 is 5.94. The number of hydrogen-bond acceptors (Lipinski definition) is 3. The zero-order valence-corrected chi connectivity index (χ0v) is 11.5. The van der Waals surface area contributed by atoms with E-state index in [2.05, 4.69) is 0 Å². The van der Waals surface area contributed by atoms with Crippen molar-refractivity contribution in [3.63, 3.8) is 0 Å². The molecule has 0 spiro atoms. The molecule has 0 saturated heterocycles. The fourth-order valence-electron chi connectivity index (χ4n) is 1.61. The van der Waals surface area contributed by atoms with Crippen LogP contribution in [0.2, 0.25) is 5.02 Å². The van der Waals surface area contributed by atoms with Gasteiger partial charge < -0.3 is 15.5 Å². The normalized spacial score (nSPS) is 11.3. The van der Waals surface area contributed by atoms with Crippen molar-refractivity contribution >= 4 is 29.1 Å². The van der Waals surface area contributed by atoms with Gasteiger partial charge in [-0.2, -0.15) is 13.2 Å². The highest BCUT2D eigenvalue weighted by atomic mass is 35.5. The second kappa shape index (κ2) is 5.72. The number of amides is 2. The van der Waals surface area contributed by atoms with Crippen LogP contribution >= 0.6 is 11.6 Å². The molecular formula is C13H8ClF3N2O3. The highest BCUT2D eigenvalue weighted by molar-refractivity contribution is 6.33. The number of nitrogens with two attached hydrogens (primary N) is 1. The highest BCUT2D eigenvalue weighted by Crippen LogP contribution is 2.32. The first-order valence-electron chi connectivity index (χ1n) is 5.76. The van der Waals surface area contributed by atoms with E-state index in [4.69, 9.17) is 21.8 Å². The maximum absolute atomic E-state index is 12.2. The Morgan fingerprint density at radius 3 is 2.36 bits per heavy atom. The van der Waals surface area contributed by atoms with Crippen LogP contribution in [-0.4, -0.2) is 18.0 Å². The molecule has 0 aliphatic rings. The maximum Gasteiger partial charge on any atom is 0.471 e. The monoisotopic (exact) mass is 332 g/mol. The summed E-state index contributed by atoms with van der Waals surface area (Å²) in [5.74, 6) is -2.74. The van der Waals surface area contributed by atoms with Crippen LogP contribution < -0.4 is 11.1 Å². The van der Waals surface area contributed by atoms with E-state index in [1.54, 1.807) is 5.32 Å². The summed E-state index contributed by atoms with van der Waals surface area (Å²) in [4.78, 5) is 21.8. The summed E-state index contributed by atoms with van der Waals surface area (Å²) in [7, 11) is 0. The van der Waals surface area contributed by atoms with E-state index in [1.807, 2.05) is 0 Å². The Morgan fingerprint density at radius 1 is 1.18 bits per heavy atom. The number of benzene rings is 1. The van der Waals surface area contributed by atoms with Gasteiger partial charge in [0, 0.05) is 11.3 Å². The van der Waals surface area contributed by atoms with Crippen molar-refractivity contribution in [2.45, 2.75) is 6.18 Å². The van der Waals surface area contributed by atoms with Gasteiger partial charge in [-0.05, 0) is 30.3 Å². The van der Waals surface area contributed by atoms with Gasteiger partial charge in [-0.25, -0.2) is 0 Å². The first-order chi connectivity index (χ1) is 10.2. The zero-order chi connectivity index (χ0) is 16.5. The minimum atomic E-state index is -5.00. The molecule has 1 heterocycles. The number of furan rings is 1. The Bertz CT molecular complexity index is 740. The SMILES string of the molecule is NC(=O)c1ccc(-c2ccc(NC(=O)C(F)(F)F)cc2Cl)o1. The molecule has 0 saturated carbocycles. The fraction of sp³-hybridized carbons (Fsp3) is 0.0769. The third-order valence-corrected chi connectivity index (χ3v) is 2.91. The average molecular weight is 333 g/mol. The van der Waals surface area contributed by atoms with Crippen LogP contribution in [0.15, 0.2) is 34.7 Å². The zero-order valence-electron chi connectivity index (χ0n) is 10.7. The first-order valence-corrected chi connectivity index (χ1v) is 6.14. The van der Waals surface area contributed by atoms with Gasteiger partial charge in [-0.3, -0.25) is 9.59 Å². The van der Waals surface area contributed by atoms with Crippen LogP contribution in [0.5, 0.6) is 0 Å². The Morgan fingerprint density at radius 2 is 1.86 bits per heavy atom. The van der Waals surface area contributed by atoms with Crippen LogP contribution in [0, 0.1) is 0 Å². The number of halogens is 4. The first kappa shape index (κ1) is 15.9. The number of anilines is 1. The van der Waals surface area contributed by atoms with Crippen molar-refractivity contribution in [1.82, 2.24) is 0 Å². The van der Waals surface area contributed by atoms with E-state index in [-0.39, 0.29) is 22.2 Å². The lowest BCUT2D eigenvalue weighted by Crippen LogP contribution is -2.29. The van der Waals surface area contributed by atoms with E-state index < -0.39 is 18.0 Å². The number of nitrogens with one attached hydrogen (secondary N) is 1. The lowest BCUT2D eigenvalue weighted by atomic mass is 10.1. The van der Waals surface area contributed by atoms with Gasteiger partial charge in [0.15, 0.2) is 5.76 Å². The summed E-state index contributed by atoms with van der Waals surface area (Å²) < 4.78 is 41.6. The van der Waals surface area contributed by atoms with Crippen molar-refractivity contribution in [3.8, 4) is 11.3 Å². The smallest absolute Gasteiger partial charge is 0.451 e. The van der Waals surface area contributed by atoms with Crippen molar-refractivity contribution < 1.29 is 27.2 Å². The molecule has 0 aliphatic carbocycles. The number of rotatable bonds is 3. The molecule has 0 atom stereocenters. The van der Waals surface area contributed by atoms with Crippen LogP contribution in [0.25, 0.3) is 11.3 Å². The van der Waals surface area contributed by atoms with Gasteiger partial charge in [0.1, 0.15) is 5.76 Å². The molecule has 0 fully saturated rings. The molecule has 2 amide bonds. The summed E-state index contributed by atoms with van der Waals surface area (Å²) in [5.41, 5.74) is 5.25. The van der Waals surface area contributed by atoms with Crippen molar-refractivity contribution in [3.05, 3.63) is 41.1 Å². The van der Waals surface area contributed by atoms with E-state index in [0.717, 1.165) is 6.07 Å². The van der Waals surface area contributed by atoms with Gasteiger partial charge in [-0.1, -0.05) is 11.6 Å². The number of primary amides is 1. The lowest BCUT2D eigenvalue weighted by molar-refractivity contribution is -0.167. The van der Waals surface area contributed by atoms with Crippen LogP contribution in [0.4, 0.5) is 18.9 Å². The predicted molar refractivity (Wildman–Crippen MR) is 72.4 cm³/mol. The van der Waals surface area contributed by atoms with E-state index in [0.29, 0.717) is 5.56 Å². The molecule has 0 bridgehead atoms. The largest absolute Gasteiger partial charge is 0.471 e. The Balaban J connectivity index is 2.26. The number of carbonyl (C=O) groups is 2. The summed E-state index contributed by atoms with van der Waals surface area (Å²) in [6, 6.07) is 6.48. The van der Waals surface area contributed by atoms with Gasteiger partial charge >= 0.3 is 12.1 Å². The molecule has 0 radical (unpaired) electrons. The van der Waals surface area contributed by atoms with E-state index in [9.17, 15) is 22.8 Å². The van der Waals surface area contributed by atoms with Crippen LogP contribution in [-0.2, 0) is 4.79 Å². The Labute approximate surface area is 126 Å². The quantitative estimate of drug-likeness (QED) is 0.905. The molecule has 9 heteroatoms. The number of hydrogen-bond donors (Lipinski definition) is 2. The molecule has 3 N–H and O–H groups in total. The molecular weight excluding hydrogens is 325 g/mol. The second-order valence-corrected chi connectivity index (χ2v) is 4.58. The molecule has 22 heavy (non-hydrogen) atoms. The molecule has 2 aromatic rings. The van der Waals surface area contributed by atoms with Gasteiger partial charge in [0.25, 0.3) is 5.91 Å². The topological polar surface area (TPSA) is 85.3 Å². The van der Waals surface area contributed by atoms with Crippen molar-refractivity contribution in [1.29, 1.82) is 0 Å². The summed E-state index contributed by atoms with van der Waals surface area (Å²) in [6.07, 6.45) is -5.00. The van der Waals surface area contributed by atoms with Crippen molar-refractivity contribution in [2.75, 3.05) is 5.32 Å². The van der Waals surface area contributed by atoms with Crippen LogP contribution in [0.3, 0.4) is 0 Å². The number of carbonyl (C=O) groups excluding carboxylic acids is 2. The van der Waals surface area contributed by atoms with Gasteiger partial charge in [0.2, 0.25) is 0 Å². The fourth-order valence-corrected chi connectivity index (χ4v) is 1.88. The summed E-state index contributed by atoms with van der Waals surface area (Å²) in [5, 5.41) is 1.70. The second-order valence-electron chi connectivity index (χ2n) is 4.17. The molecule has 5 nitrogen and oxygen atoms in total. The van der Waals surface area contributed by atoms with Gasteiger partial charge in [0.05, 0.1) is 5.02 Å². The molecule has 2 rings (SSSR count). The summed E-state index contributed by atoms with van der Waals surface area (Å²) in [6.45, 7) is 0. The van der Waals surface area contributed by atoms with E-state index in [1.165, 1.54) is 24.3 Å². The Kier molecular flexibility index (Phi) is 4.14. The lowest BCUT2D eigenvalue weighted by Gasteiger charge is -2.09. The highest BCUT2D eigenvalue weighted by Gasteiger charge is 2.38. The molecule has 0 unspecified atom stereocenters. The average Bonchev–Trinajstić information content (AvgIpc) is 2.87. The molecule has 116 valence electrons. The van der Waals surface area contributed by atoms with E-state index >= 15 is 0 Å². The molecule has 1 aromatic carbocycles. The minimum Gasteiger partial charge on any atom is -0.451 e. The number of alkyl halides is 3. The Hall–Kier alpha value is -2.48. The van der Waals surface area contributed by atoms with Gasteiger partial charge in [-0.15, -0.1) is 0 Å². The third kappa shape index (κ3) is 3.40. The third-order valence-electron chi connectivity index (χ3n) is 2.60. The standard InChI is InChI=1S/C13H8ClF3N2O3/c14-8-5-6(19-12(21)13(15,16)17)1-2-7(8)9-3-4-10(22-9)11(18)20/h1-5H,(H2,18,20)(H,19,21). The maximum atomic E-state index is 12.2. The molecule has 1 aromatic heterocycles. The molecule has 0 aliphatic heterocycles.